The van der Waals surface area contributed by atoms with E-state index in [1.54, 1.807) is 12.1 Å². The summed E-state index contributed by atoms with van der Waals surface area (Å²) in [5.41, 5.74) is 1.96. The van der Waals surface area contributed by atoms with E-state index in [1.165, 1.54) is 24.5 Å². The Labute approximate surface area is 186 Å². The molecule has 0 spiro atoms. The molecule has 0 aliphatic carbocycles. The van der Waals surface area contributed by atoms with Gasteiger partial charge in [-0.3, -0.25) is 14.3 Å². The fraction of sp³-hybridized carbons (Fsp3) is 0.364. The Kier molecular flexibility index (Phi) is 6.11. The molecule has 1 saturated heterocycles. The number of rotatable bonds is 6. The average Bonchev–Trinajstić information content (AvgIpc) is 3.08. The van der Waals surface area contributed by atoms with Gasteiger partial charge in [0.25, 0.3) is 4.84 Å². The fourth-order valence-corrected chi connectivity index (χ4v) is 5.09. The van der Waals surface area contributed by atoms with E-state index in [-0.39, 0.29) is 16.6 Å². The van der Waals surface area contributed by atoms with Crippen molar-refractivity contribution < 1.29 is 17.6 Å². The zero-order chi connectivity index (χ0) is 22.2. The summed E-state index contributed by atoms with van der Waals surface area (Å²) in [6, 6.07) is 14.2. The molecule has 164 valence electrons. The summed E-state index contributed by atoms with van der Waals surface area (Å²) >= 11 is 5.39. The van der Waals surface area contributed by atoms with Crippen LogP contribution in [-0.2, 0) is 16.7 Å². The van der Waals surface area contributed by atoms with E-state index in [2.05, 4.69) is 4.90 Å². The van der Waals surface area contributed by atoms with Crippen LogP contribution in [0.2, 0.25) is 0 Å². The Hall–Kier alpha value is -2.33. The summed E-state index contributed by atoms with van der Waals surface area (Å²) in [5.74, 6) is 0.216. The van der Waals surface area contributed by atoms with E-state index in [1.807, 2.05) is 34.9 Å². The van der Waals surface area contributed by atoms with E-state index in [9.17, 15) is 13.2 Å². The largest absolute Gasteiger partial charge is 0.429 e. The Morgan fingerprint density at radius 1 is 1.13 bits per heavy atom. The predicted octanol–water partition coefficient (Wildman–Crippen LogP) is 3.77. The van der Waals surface area contributed by atoms with Crippen LogP contribution in [0.1, 0.15) is 23.2 Å². The fourth-order valence-electron chi connectivity index (χ4n) is 3.92. The Morgan fingerprint density at radius 3 is 2.45 bits per heavy atom. The molecule has 1 aromatic heterocycles. The third kappa shape index (κ3) is 4.36. The number of carbonyl (C=O) groups is 1. The van der Waals surface area contributed by atoms with Crippen LogP contribution in [0.15, 0.2) is 57.8 Å². The van der Waals surface area contributed by atoms with E-state index < -0.39 is 10.0 Å². The Morgan fingerprint density at radius 2 is 1.81 bits per heavy atom. The van der Waals surface area contributed by atoms with Crippen LogP contribution < -0.4 is 0 Å². The van der Waals surface area contributed by atoms with Gasteiger partial charge in [-0.05, 0) is 43.3 Å². The van der Waals surface area contributed by atoms with Gasteiger partial charge in [0.1, 0.15) is 0 Å². The van der Waals surface area contributed by atoms with Crippen LogP contribution >= 0.6 is 12.2 Å². The zero-order valence-corrected chi connectivity index (χ0v) is 19.2. The number of hydrogen-bond donors (Lipinski definition) is 0. The molecule has 0 saturated carbocycles. The number of nitrogens with zero attached hydrogens (tertiary/aromatic N) is 3. The van der Waals surface area contributed by atoms with Crippen molar-refractivity contribution in [2.45, 2.75) is 24.4 Å². The summed E-state index contributed by atoms with van der Waals surface area (Å²) in [6.07, 6.45) is 1.55. The highest BCUT2D eigenvalue weighted by Crippen LogP contribution is 2.26. The SMILES string of the molecule is CN(C)S(=O)(=O)c1ccc2oc(=S)n(CN3CCC(C(=O)c4ccccc4)CC3)c2c1. The molecule has 31 heavy (non-hydrogen) atoms. The maximum Gasteiger partial charge on any atom is 0.270 e. The lowest BCUT2D eigenvalue weighted by atomic mass is 9.89. The molecule has 1 aliphatic heterocycles. The van der Waals surface area contributed by atoms with Crippen molar-refractivity contribution in [3.8, 4) is 0 Å². The van der Waals surface area contributed by atoms with Crippen molar-refractivity contribution in [1.82, 2.24) is 13.8 Å². The van der Waals surface area contributed by atoms with Crippen LogP contribution in [0.25, 0.3) is 11.1 Å². The minimum Gasteiger partial charge on any atom is -0.429 e. The van der Waals surface area contributed by atoms with Gasteiger partial charge in [0, 0.05) is 38.7 Å². The molecule has 2 aromatic carbocycles. The molecule has 4 rings (SSSR count). The van der Waals surface area contributed by atoms with Crippen molar-refractivity contribution in [3.63, 3.8) is 0 Å². The molecule has 0 amide bonds. The quantitative estimate of drug-likeness (QED) is 0.413. The lowest BCUT2D eigenvalue weighted by Gasteiger charge is -2.31. The highest BCUT2D eigenvalue weighted by atomic mass is 32.2. The van der Waals surface area contributed by atoms with Gasteiger partial charge in [-0.15, -0.1) is 0 Å². The summed E-state index contributed by atoms with van der Waals surface area (Å²) < 4.78 is 33.7. The van der Waals surface area contributed by atoms with Crippen molar-refractivity contribution in [2.75, 3.05) is 27.2 Å². The number of Topliss-reactive ketones (excluding diaryl/α,β-unsaturated/α-hetero) is 1. The molecule has 9 heteroatoms. The van der Waals surface area contributed by atoms with E-state index in [4.69, 9.17) is 16.6 Å². The molecular weight excluding hydrogens is 434 g/mol. The smallest absolute Gasteiger partial charge is 0.270 e. The summed E-state index contributed by atoms with van der Waals surface area (Å²) in [7, 11) is -0.554. The van der Waals surface area contributed by atoms with Gasteiger partial charge in [-0.25, -0.2) is 12.7 Å². The number of ketones is 1. The standard InChI is InChI=1S/C22H25N3O4S2/c1-23(2)31(27,28)18-8-9-20-19(14-18)25(22(30)29-20)15-24-12-10-17(11-13-24)21(26)16-6-4-3-5-7-16/h3-9,14,17H,10-13,15H2,1-2H3. The zero-order valence-electron chi connectivity index (χ0n) is 17.5. The molecule has 7 nitrogen and oxygen atoms in total. The van der Waals surface area contributed by atoms with Crippen molar-refractivity contribution in [2.24, 2.45) is 5.92 Å². The molecule has 1 aliphatic rings. The van der Waals surface area contributed by atoms with Gasteiger partial charge in [-0.2, -0.15) is 0 Å². The first-order valence-electron chi connectivity index (χ1n) is 10.1. The second kappa shape index (κ2) is 8.66. The Balaban J connectivity index is 1.51. The maximum absolute atomic E-state index is 12.7. The van der Waals surface area contributed by atoms with E-state index in [0.717, 1.165) is 31.5 Å². The first kappa shape index (κ1) is 21.9. The monoisotopic (exact) mass is 459 g/mol. The van der Waals surface area contributed by atoms with E-state index >= 15 is 0 Å². The van der Waals surface area contributed by atoms with E-state index in [0.29, 0.717) is 22.6 Å². The lowest BCUT2D eigenvalue weighted by molar-refractivity contribution is 0.0810. The molecule has 0 N–H and O–H groups in total. The second-order valence-electron chi connectivity index (χ2n) is 7.98. The number of sulfonamides is 1. The number of carbonyl (C=O) groups excluding carboxylic acids is 1. The Bertz CT molecular complexity index is 1250. The van der Waals surface area contributed by atoms with Crippen LogP contribution in [0.4, 0.5) is 0 Å². The highest BCUT2D eigenvalue weighted by Gasteiger charge is 2.26. The molecule has 1 fully saturated rings. The van der Waals surface area contributed by atoms with Gasteiger partial charge < -0.3 is 4.42 Å². The molecule has 0 unspecified atom stereocenters. The van der Waals surface area contributed by atoms with Crippen LogP contribution in [0.5, 0.6) is 0 Å². The predicted molar refractivity (Wildman–Crippen MR) is 121 cm³/mol. The van der Waals surface area contributed by atoms with Gasteiger partial charge in [0.2, 0.25) is 10.0 Å². The highest BCUT2D eigenvalue weighted by molar-refractivity contribution is 7.89. The maximum atomic E-state index is 12.7. The minimum absolute atomic E-state index is 0.0181. The van der Waals surface area contributed by atoms with Gasteiger partial charge in [0.15, 0.2) is 11.4 Å². The lowest BCUT2D eigenvalue weighted by Crippen LogP contribution is -2.37. The second-order valence-corrected chi connectivity index (χ2v) is 10.5. The van der Waals surface area contributed by atoms with Gasteiger partial charge in [0.05, 0.1) is 17.1 Å². The number of piperidine rings is 1. The summed E-state index contributed by atoms with van der Waals surface area (Å²) in [4.78, 5) is 15.4. The average molecular weight is 460 g/mol. The summed E-state index contributed by atoms with van der Waals surface area (Å²) in [5, 5.41) is 0. The number of fused-ring (bicyclic) bond motifs is 1. The third-order valence-corrected chi connectivity index (χ3v) is 7.89. The molecular formula is C22H25N3O4S2. The topological polar surface area (TPSA) is 75.8 Å². The van der Waals surface area contributed by atoms with Crippen LogP contribution in [-0.4, -0.2) is 55.2 Å². The number of benzene rings is 2. The molecule has 0 radical (unpaired) electrons. The molecule has 0 atom stereocenters. The molecule has 0 bridgehead atoms. The summed E-state index contributed by atoms with van der Waals surface area (Å²) in [6.45, 7) is 2.00. The molecule has 2 heterocycles. The van der Waals surface area contributed by atoms with Crippen molar-refractivity contribution in [1.29, 1.82) is 0 Å². The van der Waals surface area contributed by atoms with Crippen LogP contribution in [0.3, 0.4) is 0 Å². The van der Waals surface area contributed by atoms with Gasteiger partial charge >= 0.3 is 0 Å². The van der Waals surface area contributed by atoms with Crippen LogP contribution in [0, 0.1) is 10.8 Å². The first-order valence-corrected chi connectivity index (χ1v) is 12.0. The minimum atomic E-state index is -3.56. The normalized spacial score (nSPS) is 16.2. The third-order valence-electron chi connectivity index (χ3n) is 5.78. The molecule has 3 aromatic rings. The van der Waals surface area contributed by atoms with Crippen molar-refractivity contribution in [3.05, 3.63) is 58.9 Å². The number of hydrogen-bond acceptors (Lipinski definition) is 6. The van der Waals surface area contributed by atoms with Crippen molar-refractivity contribution >= 4 is 39.1 Å². The number of oxazole rings is 1. The van der Waals surface area contributed by atoms with Gasteiger partial charge in [-0.1, -0.05) is 30.3 Å². The first-order chi connectivity index (χ1) is 14.8. The number of likely N-dealkylation sites (tertiary alicyclic amines) is 1. The number of aromatic nitrogens is 1.